The fourth-order valence-electron chi connectivity index (χ4n) is 3.68. The van der Waals surface area contributed by atoms with E-state index < -0.39 is 23.8 Å². The molecule has 2 unspecified atom stereocenters. The van der Waals surface area contributed by atoms with Gasteiger partial charge < -0.3 is 20.3 Å². The largest absolute Gasteiger partial charge is 0.444 e. The molecule has 7 heteroatoms. The van der Waals surface area contributed by atoms with Crippen molar-refractivity contribution in [2.75, 3.05) is 6.54 Å². The molecule has 0 aromatic heterocycles. The highest BCUT2D eigenvalue weighted by Crippen LogP contribution is 2.23. The van der Waals surface area contributed by atoms with E-state index in [2.05, 4.69) is 17.6 Å². The number of unbranched alkanes of at least 4 members (excludes halogenated alkanes) is 2. The number of alkyl carbamates (subject to hydrolysis) is 1. The maximum Gasteiger partial charge on any atom is 0.408 e. The van der Waals surface area contributed by atoms with E-state index in [1.807, 2.05) is 60.7 Å². The van der Waals surface area contributed by atoms with Gasteiger partial charge >= 0.3 is 6.09 Å². The summed E-state index contributed by atoms with van der Waals surface area (Å²) in [7, 11) is 0. The lowest BCUT2D eigenvalue weighted by Crippen LogP contribution is -2.52. The number of nitrogens with zero attached hydrogens (tertiary/aromatic N) is 1. The zero-order valence-corrected chi connectivity index (χ0v) is 21.5. The van der Waals surface area contributed by atoms with Crippen LogP contribution >= 0.6 is 0 Å². The minimum Gasteiger partial charge on any atom is -0.444 e. The van der Waals surface area contributed by atoms with Crippen molar-refractivity contribution in [1.29, 1.82) is 0 Å². The number of nitrogens with one attached hydrogen (secondary N) is 2. The second-order valence-electron chi connectivity index (χ2n) is 9.62. The zero-order chi connectivity index (χ0) is 25.8. The number of hydrogen-bond donors (Lipinski definition) is 2. The van der Waals surface area contributed by atoms with E-state index in [4.69, 9.17) is 4.74 Å². The number of ether oxygens (including phenoxy) is 1. The molecule has 0 saturated heterocycles. The van der Waals surface area contributed by atoms with E-state index in [0.29, 0.717) is 18.7 Å². The Morgan fingerprint density at radius 3 is 2.11 bits per heavy atom. The molecular weight excluding hydrogens is 442 g/mol. The van der Waals surface area contributed by atoms with Gasteiger partial charge in [-0.15, -0.1) is 0 Å². The molecule has 0 bridgehead atoms. The second-order valence-corrected chi connectivity index (χ2v) is 9.62. The van der Waals surface area contributed by atoms with Crippen LogP contribution in [-0.4, -0.2) is 41.0 Å². The van der Waals surface area contributed by atoms with Gasteiger partial charge in [-0.25, -0.2) is 4.79 Å². The van der Waals surface area contributed by atoms with Crippen LogP contribution in [0.2, 0.25) is 0 Å². The number of benzene rings is 2. The highest BCUT2D eigenvalue weighted by atomic mass is 16.6. The molecule has 0 saturated carbocycles. The second kappa shape index (κ2) is 13.5. The average Bonchev–Trinajstić information content (AvgIpc) is 2.81. The summed E-state index contributed by atoms with van der Waals surface area (Å²) in [6, 6.07) is 17.2. The lowest BCUT2D eigenvalue weighted by Gasteiger charge is -2.33. The molecule has 190 valence electrons. The van der Waals surface area contributed by atoms with Crippen LogP contribution in [0.5, 0.6) is 0 Å². The van der Waals surface area contributed by atoms with Crippen molar-refractivity contribution in [3.8, 4) is 0 Å². The third-order valence-electron chi connectivity index (χ3n) is 5.37. The minimum atomic E-state index is -0.861. The molecular formula is C28H39N3O4. The Kier molecular flexibility index (Phi) is 10.8. The van der Waals surface area contributed by atoms with Crippen molar-refractivity contribution in [1.82, 2.24) is 15.5 Å². The summed E-state index contributed by atoms with van der Waals surface area (Å²) in [5.41, 5.74) is 1.00. The van der Waals surface area contributed by atoms with Crippen molar-refractivity contribution in [3.63, 3.8) is 0 Å². The van der Waals surface area contributed by atoms with Crippen LogP contribution in [0.3, 0.4) is 0 Å². The summed E-state index contributed by atoms with van der Waals surface area (Å²) in [5, 5.41) is 5.62. The predicted molar refractivity (Wildman–Crippen MR) is 138 cm³/mol. The monoisotopic (exact) mass is 481 g/mol. The quantitative estimate of drug-likeness (QED) is 0.443. The van der Waals surface area contributed by atoms with E-state index in [1.165, 1.54) is 0 Å². The van der Waals surface area contributed by atoms with Crippen LogP contribution in [0.4, 0.5) is 4.79 Å². The van der Waals surface area contributed by atoms with Crippen LogP contribution in [-0.2, 0) is 20.9 Å². The van der Waals surface area contributed by atoms with Crippen molar-refractivity contribution in [2.45, 2.75) is 78.1 Å². The van der Waals surface area contributed by atoms with E-state index in [-0.39, 0.29) is 11.8 Å². The van der Waals surface area contributed by atoms with Crippen LogP contribution < -0.4 is 10.6 Å². The van der Waals surface area contributed by atoms with Crippen molar-refractivity contribution in [3.05, 3.63) is 71.8 Å². The highest BCUT2D eigenvalue weighted by molar-refractivity contribution is 5.91. The molecule has 0 aliphatic rings. The Hall–Kier alpha value is -3.35. The Morgan fingerprint density at radius 1 is 0.943 bits per heavy atom. The molecule has 7 nitrogen and oxygen atoms in total. The first-order valence-electron chi connectivity index (χ1n) is 12.3. The van der Waals surface area contributed by atoms with Gasteiger partial charge in [0.1, 0.15) is 17.7 Å². The van der Waals surface area contributed by atoms with Crippen molar-refractivity contribution >= 4 is 17.9 Å². The maximum atomic E-state index is 13.6. The number of carbonyl (C=O) groups is 3. The highest BCUT2D eigenvalue weighted by Gasteiger charge is 2.34. The van der Waals surface area contributed by atoms with E-state index in [0.717, 1.165) is 24.8 Å². The van der Waals surface area contributed by atoms with Gasteiger partial charge in [-0.3, -0.25) is 9.59 Å². The first-order chi connectivity index (χ1) is 16.6. The Labute approximate surface area is 209 Å². The molecule has 0 fully saturated rings. The molecule has 3 amide bonds. The van der Waals surface area contributed by atoms with Gasteiger partial charge in [0, 0.05) is 13.1 Å². The molecule has 0 aliphatic heterocycles. The lowest BCUT2D eigenvalue weighted by atomic mass is 10.0. The molecule has 2 atom stereocenters. The third-order valence-corrected chi connectivity index (χ3v) is 5.37. The summed E-state index contributed by atoms with van der Waals surface area (Å²) in [6.07, 6.45) is 1.97. The molecule has 0 radical (unpaired) electrons. The van der Waals surface area contributed by atoms with Crippen LogP contribution in [0.25, 0.3) is 0 Å². The molecule has 2 rings (SSSR count). The first-order valence-corrected chi connectivity index (χ1v) is 12.3. The molecule has 0 heterocycles. The standard InChI is InChI=1S/C28H39N3O4/c1-6-7-14-19-31(26(33)21(2)30-27(34)35-28(3,4)5)24(23-17-12-9-13-18-23)25(32)29-20-22-15-10-8-11-16-22/h8-13,15-18,21,24H,6-7,14,19-20H2,1-5H3,(H,29,32)(H,30,34). The SMILES string of the molecule is CCCCCN(C(=O)C(C)NC(=O)OC(C)(C)C)C(C(=O)NCc1ccccc1)c1ccccc1. The smallest absolute Gasteiger partial charge is 0.408 e. The minimum absolute atomic E-state index is 0.269. The molecule has 2 aromatic rings. The van der Waals surface area contributed by atoms with Gasteiger partial charge in [0.2, 0.25) is 11.8 Å². The fraction of sp³-hybridized carbons (Fsp3) is 0.464. The van der Waals surface area contributed by atoms with Crippen LogP contribution in [0.1, 0.15) is 71.0 Å². The summed E-state index contributed by atoms with van der Waals surface area (Å²) in [4.78, 5) is 41.0. The zero-order valence-electron chi connectivity index (χ0n) is 21.5. The molecule has 0 spiro atoms. The van der Waals surface area contributed by atoms with E-state index in [1.54, 1.807) is 32.6 Å². The van der Waals surface area contributed by atoms with E-state index in [9.17, 15) is 14.4 Å². The number of rotatable bonds is 11. The number of carbonyl (C=O) groups excluding carboxylic acids is 3. The van der Waals surface area contributed by atoms with Gasteiger partial charge in [0.15, 0.2) is 0 Å². The first kappa shape index (κ1) is 27.9. The summed E-state index contributed by atoms with van der Waals surface area (Å²) < 4.78 is 5.32. The molecule has 35 heavy (non-hydrogen) atoms. The van der Waals surface area contributed by atoms with Gasteiger partial charge in [-0.05, 0) is 45.2 Å². The number of amides is 3. The Morgan fingerprint density at radius 2 is 1.54 bits per heavy atom. The van der Waals surface area contributed by atoms with Gasteiger partial charge in [-0.1, -0.05) is 80.4 Å². The molecule has 2 aromatic carbocycles. The summed E-state index contributed by atoms with van der Waals surface area (Å²) >= 11 is 0. The van der Waals surface area contributed by atoms with Crippen LogP contribution in [0.15, 0.2) is 60.7 Å². The molecule has 0 aliphatic carbocycles. The summed E-state index contributed by atoms with van der Waals surface area (Å²) in [5.74, 6) is -0.606. The predicted octanol–water partition coefficient (Wildman–Crippen LogP) is 4.98. The normalized spacial score (nSPS) is 12.8. The molecule has 2 N–H and O–H groups in total. The summed E-state index contributed by atoms with van der Waals surface area (Å²) in [6.45, 7) is 9.73. The maximum absolute atomic E-state index is 13.6. The average molecular weight is 482 g/mol. The third kappa shape index (κ3) is 9.43. The van der Waals surface area contributed by atoms with Crippen LogP contribution in [0, 0.1) is 0 Å². The van der Waals surface area contributed by atoms with Gasteiger partial charge in [0.05, 0.1) is 0 Å². The van der Waals surface area contributed by atoms with Gasteiger partial charge in [-0.2, -0.15) is 0 Å². The Balaban J connectivity index is 2.29. The Bertz CT molecular complexity index is 942. The van der Waals surface area contributed by atoms with E-state index >= 15 is 0 Å². The number of hydrogen-bond acceptors (Lipinski definition) is 4. The fourth-order valence-corrected chi connectivity index (χ4v) is 3.68. The van der Waals surface area contributed by atoms with Crippen molar-refractivity contribution in [2.24, 2.45) is 0 Å². The van der Waals surface area contributed by atoms with Crippen molar-refractivity contribution < 1.29 is 19.1 Å². The topological polar surface area (TPSA) is 87.7 Å². The lowest BCUT2D eigenvalue weighted by molar-refractivity contribution is -0.142. The van der Waals surface area contributed by atoms with Gasteiger partial charge in [0.25, 0.3) is 0 Å².